The van der Waals surface area contributed by atoms with Crippen LogP contribution in [0.4, 0.5) is 0 Å². The largest absolute Gasteiger partial charge is 0.347 e. The standard InChI is InChI=1S/C13H14N4O/c18-13(15-8-9-3-5-14-6-4-9)12-7-11(16-17-12)10-1-2-10/h3-7,10H,1-2,8H2,(H,15,18)(H,16,17). The number of aromatic amines is 1. The molecule has 1 amide bonds. The van der Waals surface area contributed by atoms with Gasteiger partial charge < -0.3 is 5.32 Å². The van der Waals surface area contributed by atoms with Gasteiger partial charge in [-0.1, -0.05) is 0 Å². The number of carbonyl (C=O) groups excluding carboxylic acids is 1. The summed E-state index contributed by atoms with van der Waals surface area (Å²) < 4.78 is 0. The second-order valence-corrected chi connectivity index (χ2v) is 4.52. The van der Waals surface area contributed by atoms with E-state index in [4.69, 9.17) is 0 Å². The lowest BCUT2D eigenvalue weighted by Gasteiger charge is -2.02. The molecule has 1 aliphatic carbocycles. The summed E-state index contributed by atoms with van der Waals surface area (Å²) in [6.45, 7) is 0.493. The Kier molecular flexibility index (Phi) is 2.80. The summed E-state index contributed by atoms with van der Waals surface area (Å²) in [4.78, 5) is 15.8. The second-order valence-electron chi connectivity index (χ2n) is 4.52. The van der Waals surface area contributed by atoms with Gasteiger partial charge in [0.2, 0.25) is 0 Å². The number of aromatic nitrogens is 3. The van der Waals surface area contributed by atoms with Crippen LogP contribution in [0.2, 0.25) is 0 Å². The lowest BCUT2D eigenvalue weighted by Crippen LogP contribution is -2.23. The molecule has 92 valence electrons. The Morgan fingerprint density at radius 1 is 1.39 bits per heavy atom. The Hall–Kier alpha value is -2.17. The highest BCUT2D eigenvalue weighted by Gasteiger charge is 2.26. The number of nitrogens with one attached hydrogen (secondary N) is 2. The van der Waals surface area contributed by atoms with Crippen LogP contribution in [0.15, 0.2) is 30.6 Å². The number of amides is 1. The summed E-state index contributed by atoms with van der Waals surface area (Å²) in [7, 11) is 0. The number of nitrogens with zero attached hydrogens (tertiary/aromatic N) is 2. The predicted molar refractivity (Wildman–Crippen MR) is 66.0 cm³/mol. The van der Waals surface area contributed by atoms with Gasteiger partial charge in [0.05, 0.1) is 0 Å². The average molecular weight is 242 g/mol. The van der Waals surface area contributed by atoms with E-state index in [1.807, 2.05) is 18.2 Å². The maximum Gasteiger partial charge on any atom is 0.272 e. The van der Waals surface area contributed by atoms with E-state index in [1.165, 1.54) is 12.8 Å². The fourth-order valence-electron chi connectivity index (χ4n) is 1.83. The molecule has 0 saturated heterocycles. The van der Waals surface area contributed by atoms with Gasteiger partial charge in [-0.05, 0) is 36.6 Å². The number of H-pyrrole nitrogens is 1. The van der Waals surface area contributed by atoms with Crippen molar-refractivity contribution in [3.05, 3.63) is 47.5 Å². The summed E-state index contributed by atoms with van der Waals surface area (Å²) in [5.41, 5.74) is 2.56. The highest BCUT2D eigenvalue weighted by atomic mass is 16.1. The van der Waals surface area contributed by atoms with Crippen molar-refractivity contribution in [1.82, 2.24) is 20.5 Å². The Bertz CT molecular complexity index is 545. The first kappa shape index (κ1) is 11.0. The van der Waals surface area contributed by atoms with Gasteiger partial charge in [-0.25, -0.2) is 0 Å². The fourth-order valence-corrected chi connectivity index (χ4v) is 1.83. The Balaban J connectivity index is 1.60. The predicted octanol–water partition coefficient (Wildman–Crippen LogP) is 1.61. The van der Waals surface area contributed by atoms with Gasteiger partial charge in [0.1, 0.15) is 5.69 Å². The lowest BCUT2D eigenvalue weighted by molar-refractivity contribution is 0.0946. The number of hydrogen-bond donors (Lipinski definition) is 2. The molecule has 2 aromatic rings. The third kappa shape index (κ3) is 2.40. The summed E-state index contributed by atoms with van der Waals surface area (Å²) in [5.74, 6) is 0.439. The van der Waals surface area contributed by atoms with Gasteiger partial charge in [0, 0.05) is 30.6 Å². The molecule has 0 bridgehead atoms. The minimum atomic E-state index is -0.144. The van der Waals surface area contributed by atoms with Crippen LogP contribution >= 0.6 is 0 Å². The van der Waals surface area contributed by atoms with E-state index in [9.17, 15) is 4.79 Å². The molecule has 5 nitrogen and oxygen atoms in total. The van der Waals surface area contributed by atoms with Crippen LogP contribution in [0.5, 0.6) is 0 Å². The third-order valence-corrected chi connectivity index (χ3v) is 3.05. The van der Waals surface area contributed by atoms with Crippen molar-refractivity contribution in [2.45, 2.75) is 25.3 Å². The number of carbonyl (C=O) groups is 1. The molecule has 1 saturated carbocycles. The number of hydrogen-bond acceptors (Lipinski definition) is 3. The molecule has 2 aromatic heterocycles. The molecule has 0 spiro atoms. The molecule has 2 N–H and O–H groups in total. The van der Waals surface area contributed by atoms with E-state index < -0.39 is 0 Å². The maximum atomic E-state index is 11.9. The Morgan fingerprint density at radius 3 is 2.89 bits per heavy atom. The molecule has 0 radical (unpaired) electrons. The first-order valence-electron chi connectivity index (χ1n) is 6.05. The number of rotatable bonds is 4. The second kappa shape index (κ2) is 4.60. The molecule has 18 heavy (non-hydrogen) atoms. The highest BCUT2D eigenvalue weighted by Crippen LogP contribution is 2.38. The zero-order valence-electron chi connectivity index (χ0n) is 9.89. The SMILES string of the molecule is O=C(NCc1ccncc1)c1cc(C2CC2)[nH]n1. The monoisotopic (exact) mass is 242 g/mol. The van der Waals surface area contributed by atoms with Crippen molar-refractivity contribution in [3.63, 3.8) is 0 Å². The van der Waals surface area contributed by atoms with Gasteiger partial charge in [0.25, 0.3) is 5.91 Å². The highest BCUT2D eigenvalue weighted by molar-refractivity contribution is 5.92. The van der Waals surface area contributed by atoms with E-state index in [0.29, 0.717) is 18.2 Å². The molecular weight excluding hydrogens is 228 g/mol. The van der Waals surface area contributed by atoms with Crippen LogP contribution in [-0.2, 0) is 6.54 Å². The average Bonchev–Trinajstić information content (AvgIpc) is 3.15. The molecule has 0 atom stereocenters. The minimum Gasteiger partial charge on any atom is -0.347 e. The molecule has 2 heterocycles. The van der Waals surface area contributed by atoms with E-state index in [2.05, 4.69) is 20.5 Å². The molecule has 5 heteroatoms. The van der Waals surface area contributed by atoms with E-state index in [0.717, 1.165) is 11.3 Å². The minimum absolute atomic E-state index is 0.144. The third-order valence-electron chi connectivity index (χ3n) is 3.05. The van der Waals surface area contributed by atoms with E-state index in [1.54, 1.807) is 12.4 Å². The van der Waals surface area contributed by atoms with Crippen molar-refractivity contribution in [2.75, 3.05) is 0 Å². The first-order chi connectivity index (χ1) is 8.83. The lowest BCUT2D eigenvalue weighted by atomic mass is 10.2. The molecule has 0 unspecified atom stereocenters. The summed E-state index contributed by atoms with van der Waals surface area (Å²) >= 11 is 0. The van der Waals surface area contributed by atoms with Crippen molar-refractivity contribution < 1.29 is 4.79 Å². The van der Waals surface area contributed by atoms with Crippen molar-refractivity contribution in [3.8, 4) is 0 Å². The summed E-state index contributed by atoms with van der Waals surface area (Å²) in [5, 5.41) is 9.80. The first-order valence-corrected chi connectivity index (χ1v) is 6.05. The van der Waals surface area contributed by atoms with Crippen LogP contribution < -0.4 is 5.32 Å². The normalized spacial score (nSPS) is 14.4. The van der Waals surface area contributed by atoms with Gasteiger partial charge in [0.15, 0.2) is 0 Å². The zero-order valence-corrected chi connectivity index (χ0v) is 9.89. The fraction of sp³-hybridized carbons (Fsp3) is 0.308. The van der Waals surface area contributed by atoms with Crippen LogP contribution in [0.1, 0.15) is 40.5 Å². The van der Waals surface area contributed by atoms with E-state index in [-0.39, 0.29) is 5.91 Å². The number of pyridine rings is 1. The molecule has 1 aliphatic rings. The van der Waals surface area contributed by atoms with Crippen LogP contribution in [0, 0.1) is 0 Å². The van der Waals surface area contributed by atoms with Crippen LogP contribution in [0.25, 0.3) is 0 Å². The zero-order chi connectivity index (χ0) is 12.4. The van der Waals surface area contributed by atoms with Gasteiger partial charge in [-0.2, -0.15) is 5.10 Å². The van der Waals surface area contributed by atoms with E-state index >= 15 is 0 Å². The molecule has 3 rings (SSSR count). The van der Waals surface area contributed by atoms with Crippen molar-refractivity contribution in [2.24, 2.45) is 0 Å². The molecule has 0 aromatic carbocycles. The summed E-state index contributed by atoms with van der Waals surface area (Å²) in [6, 6.07) is 5.60. The van der Waals surface area contributed by atoms with Crippen molar-refractivity contribution >= 4 is 5.91 Å². The molecule has 0 aliphatic heterocycles. The van der Waals surface area contributed by atoms with Crippen LogP contribution in [0.3, 0.4) is 0 Å². The molecular formula is C13H14N4O. The topological polar surface area (TPSA) is 70.7 Å². The maximum absolute atomic E-state index is 11.9. The summed E-state index contributed by atoms with van der Waals surface area (Å²) in [6.07, 6.45) is 5.81. The quantitative estimate of drug-likeness (QED) is 0.855. The van der Waals surface area contributed by atoms with Gasteiger partial charge in [-0.15, -0.1) is 0 Å². The molecule has 1 fully saturated rings. The van der Waals surface area contributed by atoms with Gasteiger partial charge in [-0.3, -0.25) is 14.9 Å². The smallest absolute Gasteiger partial charge is 0.272 e. The Labute approximate surface area is 105 Å². The van der Waals surface area contributed by atoms with Crippen molar-refractivity contribution in [1.29, 1.82) is 0 Å². The van der Waals surface area contributed by atoms with Gasteiger partial charge >= 0.3 is 0 Å². The Morgan fingerprint density at radius 2 is 2.17 bits per heavy atom. The van der Waals surface area contributed by atoms with Crippen LogP contribution in [-0.4, -0.2) is 21.1 Å².